The fraction of sp³-hybridized carbons (Fsp3) is 0.591. The van der Waals surface area contributed by atoms with E-state index in [0.717, 1.165) is 12.8 Å². The van der Waals surface area contributed by atoms with Crippen LogP contribution in [0, 0.1) is 16.7 Å². The number of benzene rings is 1. The molecule has 29 heavy (non-hydrogen) atoms. The lowest BCUT2D eigenvalue weighted by molar-refractivity contribution is -0.147. The summed E-state index contributed by atoms with van der Waals surface area (Å²) < 4.78 is 18.8. The lowest BCUT2D eigenvalue weighted by atomic mass is 9.68. The van der Waals surface area contributed by atoms with E-state index >= 15 is 0 Å². The molecule has 6 nitrogen and oxygen atoms in total. The first-order valence-electron chi connectivity index (χ1n) is 10.4. The van der Waals surface area contributed by atoms with Crippen molar-refractivity contribution < 1.29 is 23.5 Å². The first kappa shape index (κ1) is 21.9. The Morgan fingerprint density at radius 1 is 1.21 bits per heavy atom. The van der Waals surface area contributed by atoms with Crippen molar-refractivity contribution in [3.05, 3.63) is 24.3 Å². The topological polar surface area (TPSA) is 89.5 Å². The highest BCUT2D eigenvalue weighted by molar-refractivity contribution is 7.67. The monoisotopic (exact) mass is 419 g/mol. The molecule has 1 amide bonds. The summed E-state index contributed by atoms with van der Waals surface area (Å²) >= 11 is 0. The molecule has 7 heteroatoms. The van der Waals surface area contributed by atoms with Gasteiger partial charge in [0.05, 0.1) is 6.61 Å². The number of ketones is 2. The third kappa shape index (κ3) is 3.30. The van der Waals surface area contributed by atoms with Crippen molar-refractivity contribution in [2.24, 2.45) is 16.7 Å². The summed E-state index contributed by atoms with van der Waals surface area (Å²) in [5.74, 6) is -1.78. The van der Waals surface area contributed by atoms with Gasteiger partial charge >= 0.3 is 0 Å². The lowest BCUT2D eigenvalue weighted by Crippen LogP contribution is -2.47. The number of anilines is 1. The molecule has 3 atom stereocenters. The van der Waals surface area contributed by atoms with Gasteiger partial charge < -0.3 is 9.84 Å². The van der Waals surface area contributed by atoms with E-state index in [-0.39, 0.29) is 5.92 Å². The Morgan fingerprint density at radius 2 is 1.86 bits per heavy atom. The Bertz CT molecular complexity index is 876. The third-order valence-corrected chi connectivity index (χ3v) is 9.42. The predicted molar refractivity (Wildman–Crippen MR) is 113 cm³/mol. The minimum atomic E-state index is -2.93. The molecule has 2 bridgehead atoms. The number of unbranched alkanes of at least 4 members (excludes halogenated alkanes) is 1. The van der Waals surface area contributed by atoms with Crippen LogP contribution < -0.4 is 10.6 Å². The molecule has 1 aromatic carbocycles. The normalized spacial score (nSPS) is 27.1. The number of amides is 1. The van der Waals surface area contributed by atoms with E-state index < -0.39 is 35.7 Å². The fourth-order valence-electron chi connectivity index (χ4n) is 4.94. The SMILES string of the molecule is CCCCP(=O)(OCC)c1ccc(NC(=O)C23CCC(C(=O)C2=O)C3(C)C)cc1. The second-order valence-corrected chi connectivity index (χ2v) is 11.1. The number of hydrogen-bond acceptors (Lipinski definition) is 5. The van der Waals surface area contributed by atoms with Crippen LogP contribution in [0.2, 0.25) is 0 Å². The van der Waals surface area contributed by atoms with Crippen molar-refractivity contribution in [2.75, 3.05) is 18.1 Å². The number of Topliss-reactive ketones (excluding diaryl/α,β-unsaturated/α-hetero) is 2. The van der Waals surface area contributed by atoms with Gasteiger partial charge in [0.1, 0.15) is 5.41 Å². The van der Waals surface area contributed by atoms with E-state index in [9.17, 15) is 18.9 Å². The van der Waals surface area contributed by atoms with Gasteiger partial charge in [0.25, 0.3) is 0 Å². The highest BCUT2D eigenvalue weighted by Crippen LogP contribution is 2.62. The molecule has 3 rings (SSSR count). The maximum absolute atomic E-state index is 13.2. The maximum atomic E-state index is 13.2. The second-order valence-electron chi connectivity index (χ2n) is 8.58. The van der Waals surface area contributed by atoms with Crippen molar-refractivity contribution in [3.63, 3.8) is 0 Å². The minimum absolute atomic E-state index is 0.369. The van der Waals surface area contributed by atoms with Crippen LogP contribution in [0.3, 0.4) is 0 Å². The molecule has 158 valence electrons. The van der Waals surface area contributed by atoms with Crippen LogP contribution in [0.1, 0.15) is 53.4 Å². The molecule has 3 unspecified atom stereocenters. The van der Waals surface area contributed by atoms with Gasteiger partial charge in [-0.15, -0.1) is 0 Å². The molecular formula is C22H30NO5P. The van der Waals surface area contributed by atoms with Crippen LogP contribution >= 0.6 is 7.37 Å². The van der Waals surface area contributed by atoms with E-state index in [4.69, 9.17) is 4.52 Å². The summed E-state index contributed by atoms with van der Waals surface area (Å²) in [4.78, 5) is 38.0. The zero-order chi connectivity index (χ0) is 21.4. The van der Waals surface area contributed by atoms with Gasteiger partial charge in [-0.25, -0.2) is 0 Å². The zero-order valence-electron chi connectivity index (χ0n) is 17.6. The van der Waals surface area contributed by atoms with Crippen LogP contribution in [0.5, 0.6) is 0 Å². The summed E-state index contributed by atoms with van der Waals surface area (Å²) in [6.07, 6.45) is 3.19. The van der Waals surface area contributed by atoms with Crippen molar-refractivity contribution in [3.8, 4) is 0 Å². The largest absolute Gasteiger partial charge is 0.326 e. The molecule has 0 saturated heterocycles. The number of carbonyl (C=O) groups is 3. The van der Waals surface area contributed by atoms with Crippen molar-refractivity contribution >= 4 is 35.8 Å². The molecular weight excluding hydrogens is 389 g/mol. The van der Waals surface area contributed by atoms with Crippen LogP contribution in [0.4, 0.5) is 5.69 Å². The minimum Gasteiger partial charge on any atom is -0.326 e. The van der Waals surface area contributed by atoms with E-state index in [0.29, 0.717) is 36.6 Å². The Hall–Kier alpha value is -1.78. The molecule has 2 aliphatic carbocycles. The van der Waals surface area contributed by atoms with Gasteiger partial charge in [0.15, 0.2) is 0 Å². The molecule has 0 aromatic heterocycles. The quantitative estimate of drug-likeness (QED) is 0.392. The van der Waals surface area contributed by atoms with Gasteiger partial charge in [-0.05, 0) is 55.9 Å². The van der Waals surface area contributed by atoms with Gasteiger partial charge in [0, 0.05) is 23.1 Å². The summed E-state index contributed by atoms with van der Waals surface area (Å²) in [5.41, 5.74) is -1.47. The molecule has 1 aromatic rings. The highest BCUT2D eigenvalue weighted by atomic mass is 31.2. The van der Waals surface area contributed by atoms with Crippen molar-refractivity contribution in [2.45, 2.75) is 53.4 Å². The van der Waals surface area contributed by atoms with Crippen LogP contribution in [-0.2, 0) is 23.5 Å². The van der Waals surface area contributed by atoms with Crippen LogP contribution in [0.25, 0.3) is 0 Å². The number of nitrogens with one attached hydrogen (secondary N) is 1. The van der Waals surface area contributed by atoms with Crippen LogP contribution in [-0.4, -0.2) is 30.2 Å². The van der Waals surface area contributed by atoms with E-state index in [1.165, 1.54) is 0 Å². The Morgan fingerprint density at radius 3 is 2.38 bits per heavy atom. The average molecular weight is 419 g/mol. The average Bonchev–Trinajstić information content (AvgIpc) is 3.03. The first-order chi connectivity index (χ1) is 13.6. The molecule has 0 spiro atoms. The van der Waals surface area contributed by atoms with Gasteiger partial charge in [-0.3, -0.25) is 18.9 Å². The van der Waals surface area contributed by atoms with Gasteiger partial charge in [-0.2, -0.15) is 0 Å². The second kappa shape index (κ2) is 7.81. The molecule has 0 radical (unpaired) electrons. The number of hydrogen-bond donors (Lipinski definition) is 1. The third-order valence-electron chi connectivity index (χ3n) is 6.76. The Balaban J connectivity index is 1.81. The maximum Gasteiger partial charge on any atom is 0.239 e. The number of rotatable bonds is 8. The molecule has 0 aliphatic heterocycles. The van der Waals surface area contributed by atoms with Gasteiger partial charge in [-0.1, -0.05) is 27.2 Å². The molecule has 2 aliphatic rings. The Kier molecular flexibility index (Phi) is 5.90. The molecule has 2 saturated carbocycles. The van der Waals surface area contributed by atoms with E-state index in [1.54, 1.807) is 24.3 Å². The summed E-state index contributed by atoms with van der Waals surface area (Å²) in [5, 5.41) is 3.44. The molecule has 0 heterocycles. The van der Waals surface area contributed by atoms with Crippen molar-refractivity contribution in [1.29, 1.82) is 0 Å². The van der Waals surface area contributed by atoms with E-state index in [2.05, 4.69) is 5.32 Å². The summed E-state index contributed by atoms with van der Waals surface area (Å²) in [6, 6.07) is 6.79. The number of carbonyl (C=O) groups excluding carboxylic acids is 3. The van der Waals surface area contributed by atoms with E-state index in [1.807, 2.05) is 27.7 Å². The highest BCUT2D eigenvalue weighted by Gasteiger charge is 2.72. The number of fused-ring (bicyclic) bond motifs is 2. The van der Waals surface area contributed by atoms with Crippen molar-refractivity contribution in [1.82, 2.24) is 0 Å². The zero-order valence-corrected chi connectivity index (χ0v) is 18.5. The fourth-order valence-corrected chi connectivity index (χ4v) is 7.23. The van der Waals surface area contributed by atoms with Crippen LogP contribution in [0.15, 0.2) is 24.3 Å². The predicted octanol–water partition coefficient (Wildman–Crippen LogP) is 3.94. The standard InChI is InChI=1S/C22H30NO5P/c1-5-7-14-29(27,28-6-2)16-10-8-15(9-11-16)23-20(26)22-13-12-17(21(22,3)4)18(24)19(22)25/h8-11,17H,5-7,12-14H2,1-4H3,(H,23,26). The smallest absolute Gasteiger partial charge is 0.239 e. The Labute approximate surface area is 172 Å². The summed E-state index contributed by atoms with van der Waals surface area (Å²) in [7, 11) is -2.93. The molecule has 1 N–H and O–H groups in total. The van der Waals surface area contributed by atoms with Gasteiger partial charge in [0.2, 0.25) is 24.8 Å². The lowest BCUT2D eigenvalue weighted by Gasteiger charge is -2.33. The first-order valence-corrected chi connectivity index (χ1v) is 12.2. The molecule has 2 fully saturated rings. The summed E-state index contributed by atoms with van der Waals surface area (Å²) in [6.45, 7) is 7.90.